The van der Waals surface area contributed by atoms with Gasteiger partial charge >= 0.3 is 0 Å². The van der Waals surface area contributed by atoms with E-state index in [1.165, 1.54) is 17.7 Å². The fourth-order valence-electron chi connectivity index (χ4n) is 2.40. The number of pyridine rings is 1. The maximum Gasteiger partial charge on any atom is 0.129 e. The van der Waals surface area contributed by atoms with Crippen molar-refractivity contribution in [3.8, 4) is 0 Å². The molecular weight excluding hydrogens is 224 g/mol. The van der Waals surface area contributed by atoms with Crippen molar-refractivity contribution in [1.82, 2.24) is 4.98 Å². The number of morpholine rings is 1. The molecule has 0 spiro atoms. The van der Waals surface area contributed by atoms with E-state index in [0.29, 0.717) is 0 Å². The van der Waals surface area contributed by atoms with Crippen molar-refractivity contribution in [2.75, 3.05) is 31.2 Å². The molecule has 0 amide bonds. The van der Waals surface area contributed by atoms with Gasteiger partial charge in [-0.05, 0) is 30.5 Å². The second-order valence-electron chi connectivity index (χ2n) is 4.92. The summed E-state index contributed by atoms with van der Waals surface area (Å²) in [6, 6.07) is 4.53. The first-order valence-corrected chi connectivity index (χ1v) is 7.16. The summed E-state index contributed by atoms with van der Waals surface area (Å²) in [6.45, 7) is 8.02. The van der Waals surface area contributed by atoms with Gasteiger partial charge < -0.3 is 9.64 Å². The molecule has 0 radical (unpaired) electrons. The van der Waals surface area contributed by atoms with Gasteiger partial charge in [-0.2, -0.15) is 0 Å². The molecule has 0 saturated carbocycles. The molecule has 1 aromatic rings. The topological polar surface area (TPSA) is 25.4 Å². The van der Waals surface area contributed by atoms with Crippen LogP contribution in [0.25, 0.3) is 0 Å². The van der Waals surface area contributed by atoms with Crippen molar-refractivity contribution in [2.45, 2.75) is 39.5 Å². The number of hydrogen-bond donors (Lipinski definition) is 0. The maximum absolute atomic E-state index is 5.41. The third-order valence-corrected chi connectivity index (χ3v) is 3.30. The summed E-state index contributed by atoms with van der Waals surface area (Å²) in [6.07, 6.45) is 4.58. The molecule has 0 atom stereocenters. The Morgan fingerprint density at radius 2 is 1.83 bits per heavy atom. The predicted octanol–water partition coefficient (Wildman–Crippen LogP) is 2.82. The smallest absolute Gasteiger partial charge is 0.129 e. The Hall–Kier alpha value is -1.09. The minimum Gasteiger partial charge on any atom is -0.378 e. The Morgan fingerprint density at radius 3 is 2.50 bits per heavy atom. The standard InChI is InChI=1S/C15H24N2O/c1-3-5-13-11-14(6-4-2)16-15(12-13)17-7-9-18-10-8-17/h11-12H,3-10H2,1-2H3. The summed E-state index contributed by atoms with van der Waals surface area (Å²) >= 11 is 0. The van der Waals surface area contributed by atoms with Crippen molar-refractivity contribution >= 4 is 5.82 Å². The molecule has 18 heavy (non-hydrogen) atoms. The van der Waals surface area contributed by atoms with Gasteiger partial charge in [0.05, 0.1) is 13.2 Å². The summed E-state index contributed by atoms with van der Waals surface area (Å²) in [5.41, 5.74) is 2.67. The van der Waals surface area contributed by atoms with E-state index in [1.54, 1.807) is 0 Å². The molecule has 1 aliphatic heterocycles. The van der Waals surface area contributed by atoms with E-state index in [0.717, 1.165) is 51.4 Å². The number of ether oxygens (including phenoxy) is 1. The molecule has 1 aromatic heterocycles. The highest BCUT2D eigenvalue weighted by molar-refractivity contribution is 5.43. The monoisotopic (exact) mass is 248 g/mol. The largest absolute Gasteiger partial charge is 0.378 e. The van der Waals surface area contributed by atoms with Crippen LogP contribution < -0.4 is 4.90 Å². The van der Waals surface area contributed by atoms with Gasteiger partial charge in [-0.3, -0.25) is 0 Å². The Bertz CT molecular complexity index is 349. The summed E-state index contributed by atoms with van der Waals surface area (Å²) in [5.74, 6) is 1.15. The second kappa shape index (κ2) is 6.74. The van der Waals surface area contributed by atoms with E-state index in [9.17, 15) is 0 Å². The number of aryl methyl sites for hydroxylation is 2. The molecule has 0 aromatic carbocycles. The molecule has 2 rings (SSSR count). The summed E-state index contributed by atoms with van der Waals surface area (Å²) in [4.78, 5) is 7.15. The lowest BCUT2D eigenvalue weighted by molar-refractivity contribution is 0.122. The van der Waals surface area contributed by atoms with Crippen molar-refractivity contribution in [3.63, 3.8) is 0 Å². The van der Waals surface area contributed by atoms with Gasteiger partial charge in [-0.25, -0.2) is 4.98 Å². The van der Waals surface area contributed by atoms with Gasteiger partial charge in [0.2, 0.25) is 0 Å². The zero-order valence-electron chi connectivity index (χ0n) is 11.6. The van der Waals surface area contributed by atoms with Gasteiger partial charge in [0.15, 0.2) is 0 Å². The van der Waals surface area contributed by atoms with Crippen LogP contribution in [-0.4, -0.2) is 31.3 Å². The molecule has 1 fully saturated rings. The highest BCUT2D eigenvalue weighted by Gasteiger charge is 2.13. The lowest BCUT2D eigenvalue weighted by Gasteiger charge is -2.28. The van der Waals surface area contributed by atoms with Crippen molar-refractivity contribution in [3.05, 3.63) is 23.4 Å². The van der Waals surface area contributed by atoms with E-state index in [1.807, 2.05) is 0 Å². The van der Waals surface area contributed by atoms with Gasteiger partial charge in [0.25, 0.3) is 0 Å². The van der Waals surface area contributed by atoms with Gasteiger partial charge in [0.1, 0.15) is 5.82 Å². The Morgan fingerprint density at radius 1 is 1.11 bits per heavy atom. The van der Waals surface area contributed by atoms with E-state index < -0.39 is 0 Å². The van der Waals surface area contributed by atoms with Crippen LogP contribution in [0.4, 0.5) is 5.82 Å². The molecule has 2 heterocycles. The minimum absolute atomic E-state index is 0.822. The van der Waals surface area contributed by atoms with Gasteiger partial charge in [-0.1, -0.05) is 26.7 Å². The highest BCUT2D eigenvalue weighted by Crippen LogP contribution is 2.18. The lowest BCUT2D eigenvalue weighted by atomic mass is 10.1. The number of hydrogen-bond acceptors (Lipinski definition) is 3. The van der Waals surface area contributed by atoms with Crippen LogP contribution in [0.5, 0.6) is 0 Å². The van der Waals surface area contributed by atoms with Crippen LogP contribution in [0.1, 0.15) is 37.9 Å². The average Bonchev–Trinajstić information content (AvgIpc) is 2.40. The molecular formula is C15H24N2O. The lowest BCUT2D eigenvalue weighted by Crippen LogP contribution is -2.36. The molecule has 1 aliphatic rings. The van der Waals surface area contributed by atoms with Crippen LogP contribution in [0, 0.1) is 0 Å². The van der Waals surface area contributed by atoms with Crippen LogP contribution in [0.3, 0.4) is 0 Å². The number of nitrogens with zero attached hydrogens (tertiary/aromatic N) is 2. The first-order valence-electron chi connectivity index (χ1n) is 7.16. The van der Waals surface area contributed by atoms with Gasteiger partial charge in [-0.15, -0.1) is 0 Å². The third-order valence-electron chi connectivity index (χ3n) is 3.30. The number of rotatable bonds is 5. The molecule has 0 unspecified atom stereocenters. The molecule has 0 aliphatic carbocycles. The molecule has 3 heteroatoms. The average molecular weight is 248 g/mol. The first-order chi connectivity index (χ1) is 8.83. The SMILES string of the molecule is CCCc1cc(CCC)nc(N2CCOCC2)c1. The second-order valence-corrected chi connectivity index (χ2v) is 4.92. The molecule has 0 N–H and O–H groups in total. The summed E-state index contributed by atoms with van der Waals surface area (Å²) in [7, 11) is 0. The Labute approximate surface area is 110 Å². The quantitative estimate of drug-likeness (QED) is 0.801. The fraction of sp³-hybridized carbons (Fsp3) is 0.667. The van der Waals surface area contributed by atoms with Crippen LogP contribution in [0.15, 0.2) is 12.1 Å². The summed E-state index contributed by atoms with van der Waals surface area (Å²) in [5, 5.41) is 0. The molecule has 0 bridgehead atoms. The Balaban J connectivity index is 2.20. The van der Waals surface area contributed by atoms with Crippen LogP contribution in [-0.2, 0) is 17.6 Å². The number of anilines is 1. The molecule has 100 valence electrons. The number of aromatic nitrogens is 1. The minimum atomic E-state index is 0.822. The predicted molar refractivity (Wildman–Crippen MR) is 75.3 cm³/mol. The van der Waals surface area contributed by atoms with Crippen LogP contribution >= 0.6 is 0 Å². The highest BCUT2D eigenvalue weighted by atomic mass is 16.5. The zero-order chi connectivity index (χ0) is 12.8. The van der Waals surface area contributed by atoms with E-state index in [-0.39, 0.29) is 0 Å². The van der Waals surface area contributed by atoms with Crippen LogP contribution in [0.2, 0.25) is 0 Å². The van der Waals surface area contributed by atoms with Gasteiger partial charge in [0, 0.05) is 18.8 Å². The van der Waals surface area contributed by atoms with E-state index >= 15 is 0 Å². The van der Waals surface area contributed by atoms with E-state index in [2.05, 4.69) is 30.9 Å². The fourth-order valence-corrected chi connectivity index (χ4v) is 2.40. The van der Waals surface area contributed by atoms with Crippen molar-refractivity contribution in [2.24, 2.45) is 0 Å². The van der Waals surface area contributed by atoms with E-state index in [4.69, 9.17) is 9.72 Å². The van der Waals surface area contributed by atoms with Crippen molar-refractivity contribution < 1.29 is 4.74 Å². The Kier molecular flexibility index (Phi) is 5.00. The normalized spacial score (nSPS) is 16.0. The zero-order valence-corrected chi connectivity index (χ0v) is 11.6. The maximum atomic E-state index is 5.41. The first kappa shape index (κ1) is 13.3. The summed E-state index contributed by atoms with van der Waals surface area (Å²) < 4.78 is 5.41. The molecule has 1 saturated heterocycles. The third kappa shape index (κ3) is 3.45. The van der Waals surface area contributed by atoms with Crippen molar-refractivity contribution in [1.29, 1.82) is 0 Å². The molecule has 3 nitrogen and oxygen atoms in total.